The van der Waals surface area contributed by atoms with E-state index in [0.717, 1.165) is 0 Å². The maximum Gasteiger partial charge on any atom is 0.227 e. The van der Waals surface area contributed by atoms with Gasteiger partial charge in [-0.2, -0.15) is 0 Å². The normalized spacial score (nSPS) is 11.2. The molecular weight excluding hydrogens is 226 g/mol. The summed E-state index contributed by atoms with van der Waals surface area (Å²) in [5, 5.41) is 4.66. The number of nitrogens with two attached hydrogens (primary N) is 1. The highest BCUT2D eigenvalue weighted by Crippen LogP contribution is 2.16. The number of rotatable bonds is 4. The predicted molar refractivity (Wildman–Crippen MR) is 63.6 cm³/mol. The number of anilines is 1. The van der Waals surface area contributed by atoms with Crippen molar-refractivity contribution in [3.05, 3.63) is 11.1 Å². The van der Waals surface area contributed by atoms with Crippen molar-refractivity contribution >= 4 is 28.2 Å². The van der Waals surface area contributed by atoms with Crippen LogP contribution in [0.3, 0.4) is 0 Å². The third-order valence-corrected chi connectivity index (χ3v) is 2.49. The first-order valence-corrected chi connectivity index (χ1v) is 5.71. The number of nitrogens with zero attached hydrogens (tertiary/aromatic N) is 1. The highest BCUT2D eigenvalue weighted by Gasteiger charge is 2.17. The molecule has 1 aromatic heterocycles. The van der Waals surface area contributed by atoms with Crippen molar-refractivity contribution in [1.82, 2.24) is 4.98 Å². The maximum absolute atomic E-state index is 11.5. The van der Waals surface area contributed by atoms with Crippen LogP contribution >= 0.6 is 11.3 Å². The van der Waals surface area contributed by atoms with E-state index in [1.54, 1.807) is 19.2 Å². The van der Waals surface area contributed by atoms with E-state index in [-0.39, 0.29) is 18.1 Å². The monoisotopic (exact) mass is 241 g/mol. The lowest BCUT2D eigenvalue weighted by Crippen LogP contribution is -2.36. The molecule has 1 aromatic rings. The first kappa shape index (κ1) is 12.8. The molecule has 0 bridgehead atoms. The van der Waals surface area contributed by atoms with Crippen LogP contribution in [0.15, 0.2) is 5.38 Å². The van der Waals surface area contributed by atoms with E-state index in [1.165, 1.54) is 18.3 Å². The predicted octanol–water partition coefficient (Wildman–Crippen LogP) is 1.41. The molecule has 3 N–H and O–H groups in total. The van der Waals surface area contributed by atoms with Crippen LogP contribution in [0.5, 0.6) is 0 Å². The van der Waals surface area contributed by atoms with Gasteiger partial charge in [-0.25, -0.2) is 4.98 Å². The molecule has 0 saturated heterocycles. The molecule has 0 aromatic carbocycles. The maximum atomic E-state index is 11.5. The zero-order valence-electron chi connectivity index (χ0n) is 9.53. The summed E-state index contributed by atoms with van der Waals surface area (Å²) in [4.78, 5) is 26.5. The van der Waals surface area contributed by atoms with Gasteiger partial charge in [-0.1, -0.05) is 0 Å². The van der Waals surface area contributed by atoms with Crippen LogP contribution in [0.1, 0.15) is 37.7 Å². The van der Waals surface area contributed by atoms with Gasteiger partial charge in [0.1, 0.15) is 5.69 Å². The zero-order chi connectivity index (χ0) is 12.3. The SMILES string of the molecule is CC(=O)c1csc(NC(=O)CC(C)(C)N)n1. The fourth-order valence-corrected chi connectivity index (χ4v) is 1.84. The van der Waals surface area contributed by atoms with Crippen LogP contribution in [-0.2, 0) is 4.79 Å². The Morgan fingerprint density at radius 2 is 2.19 bits per heavy atom. The van der Waals surface area contributed by atoms with Crippen molar-refractivity contribution in [3.8, 4) is 0 Å². The zero-order valence-corrected chi connectivity index (χ0v) is 10.4. The number of thiazole rings is 1. The second-order valence-electron chi connectivity index (χ2n) is 4.31. The molecule has 5 nitrogen and oxygen atoms in total. The van der Waals surface area contributed by atoms with Gasteiger partial charge in [0.25, 0.3) is 0 Å². The highest BCUT2D eigenvalue weighted by atomic mass is 32.1. The van der Waals surface area contributed by atoms with Gasteiger partial charge in [-0.15, -0.1) is 11.3 Å². The van der Waals surface area contributed by atoms with Crippen LogP contribution in [0.25, 0.3) is 0 Å². The molecule has 0 spiro atoms. The van der Waals surface area contributed by atoms with Gasteiger partial charge < -0.3 is 11.1 Å². The fraction of sp³-hybridized carbons (Fsp3) is 0.500. The summed E-state index contributed by atoms with van der Waals surface area (Å²) in [5.41, 5.74) is 5.53. The van der Waals surface area contributed by atoms with Crippen molar-refractivity contribution in [2.45, 2.75) is 32.7 Å². The minimum atomic E-state index is -0.551. The third-order valence-electron chi connectivity index (χ3n) is 1.73. The second kappa shape index (κ2) is 4.71. The molecule has 0 fully saturated rings. The van der Waals surface area contributed by atoms with Gasteiger partial charge in [-0.05, 0) is 13.8 Å². The molecule has 0 atom stereocenters. The fourth-order valence-electron chi connectivity index (χ4n) is 1.07. The summed E-state index contributed by atoms with van der Waals surface area (Å²) in [7, 11) is 0. The Morgan fingerprint density at radius 3 is 2.62 bits per heavy atom. The van der Waals surface area contributed by atoms with E-state index in [2.05, 4.69) is 10.3 Å². The van der Waals surface area contributed by atoms with Gasteiger partial charge in [0.05, 0.1) is 0 Å². The number of hydrogen-bond donors (Lipinski definition) is 2. The lowest BCUT2D eigenvalue weighted by atomic mass is 10.0. The Bertz CT molecular complexity index is 406. The summed E-state index contributed by atoms with van der Waals surface area (Å²) in [6, 6.07) is 0. The van der Waals surface area contributed by atoms with E-state index in [0.29, 0.717) is 10.8 Å². The molecule has 0 unspecified atom stereocenters. The number of amides is 1. The van der Waals surface area contributed by atoms with Crippen molar-refractivity contribution < 1.29 is 9.59 Å². The molecule has 88 valence electrons. The summed E-state index contributed by atoms with van der Waals surface area (Å²) in [6.45, 7) is 4.98. The molecule has 0 aliphatic carbocycles. The molecule has 0 aliphatic rings. The Hall–Kier alpha value is -1.27. The van der Waals surface area contributed by atoms with Gasteiger partial charge >= 0.3 is 0 Å². The number of aromatic nitrogens is 1. The van der Waals surface area contributed by atoms with Gasteiger partial charge in [0.15, 0.2) is 10.9 Å². The Balaban J connectivity index is 2.60. The largest absolute Gasteiger partial charge is 0.325 e. The molecule has 6 heteroatoms. The van der Waals surface area contributed by atoms with Gasteiger partial charge in [0.2, 0.25) is 5.91 Å². The summed E-state index contributed by atoms with van der Waals surface area (Å²) >= 11 is 1.23. The molecule has 16 heavy (non-hydrogen) atoms. The summed E-state index contributed by atoms with van der Waals surface area (Å²) < 4.78 is 0. The van der Waals surface area contributed by atoms with Crippen LogP contribution in [0, 0.1) is 0 Å². The van der Waals surface area contributed by atoms with Crippen molar-refractivity contribution in [2.75, 3.05) is 5.32 Å². The van der Waals surface area contributed by atoms with Crippen LogP contribution in [0.4, 0.5) is 5.13 Å². The second-order valence-corrected chi connectivity index (χ2v) is 5.17. The lowest BCUT2D eigenvalue weighted by molar-refractivity contribution is -0.117. The molecule has 1 rings (SSSR count). The average molecular weight is 241 g/mol. The van der Waals surface area contributed by atoms with Crippen molar-refractivity contribution in [1.29, 1.82) is 0 Å². The van der Waals surface area contributed by atoms with Gasteiger partial charge in [-0.3, -0.25) is 9.59 Å². The number of ketones is 1. The van der Waals surface area contributed by atoms with Crippen LogP contribution < -0.4 is 11.1 Å². The highest BCUT2D eigenvalue weighted by molar-refractivity contribution is 7.14. The Labute approximate surface area is 98.1 Å². The molecule has 0 saturated carbocycles. The molecule has 1 amide bonds. The van der Waals surface area contributed by atoms with E-state index >= 15 is 0 Å². The molecule has 0 aliphatic heterocycles. The number of carbonyl (C=O) groups is 2. The smallest absolute Gasteiger partial charge is 0.227 e. The van der Waals surface area contributed by atoms with Crippen LogP contribution in [-0.4, -0.2) is 22.2 Å². The minimum Gasteiger partial charge on any atom is -0.325 e. The van der Waals surface area contributed by atoms with Gasteiger partial charge in [0, 0.05) is 24.3 Å². The summed E-state index contributed by atoms with van der Waals surface area (Å²) in [5.74, 6) is -0.312. The Morgan fingerprint density at radius 1 is 1.56 bits per heavy atom. The first-order chi connectivity index (χ1) is 7.28. The minimum absolute atomic E-state index is 0.115. The van der Waals surface area contributed by atoms with Crippen LogP contribution in [0.2, 0.25) is 0 Å². The van der Waals surface area contributed by atoms with E-state index in [4.69, 9.17) is 5.73 Å². The molecule has 1 heterocycles. The van der Waals surface area contributed by atoms with Crippen molar-refractivity contribution in [3.63, 3.8) is 0 Å². The van der Waals surface area contributed by atoms with E-state index < -0.39 is 5.54 Å². The number of hydrogen-bond acceptors (Lipinski definition) is 5. The standard InChI is InChI=1S/C10H15N3O2S/c1-6(14)7-5-16-9(12-7)13-8(15)4-10(2,3)11/h5H,4,11H2,1-3H3,(H,12,13,15). The lowest BCUT2D eigenvalue weighted by Gasteiger charge is -2.16. The topological polar surface area (TPSA) is 85.1 Å². The quantitative estimate of drug-likeness (QED) is 0.780. The molecule has 0 radical (unpaired) electrons. The van der Waals surface area contributed by atoms with E-state index in [9.17, 15) is 9.59 Å². The average Bonchev–Trinajstić information content (AvgIpc) is 2.48. The summed E-state index contributed by atoms with van der Waals surface area (Å²) in [6.07, 6.45) is 0.210. The molecular formula is C10H15N3O2S. The first-order valence-electron chi connectivity index (χ1n) is 4.83. The Kier molecular flexibility index (Phi) is 3.77. The third kappa shape index (κ3) is 4.08. The van der Waals surface area contributed by atoms with E-state index in [1.807, 2.05) is 0 Å². The van der Waals surface area contributed by atoms with Crippen molar-refractivity contribution in [2.24, 2.45) is 5.73 Å². The number of nitrogens with one attached hydrogen (secondary N) is 1. The number of Topliss-reactive ketones (excluding diaryl/α,β-unsaturated/α-hetero) is 1. The number of carbonyl (C=O) groups excluding carboxylic acids is 2.